The van der Waals surface area contributed by atoms with Crippen molar-refractivity contribution < 1.29 is 24.5 Å². The van der Waals surface area contributed by atoms with Gasteiger partial charge in [0.1, 0.15) is 11.2 Å². The molecule has 33 heavy (non-hydrogen) atoms. The molecule has 0 radical (unpaired) electrons. The maximum atomic E-state index is 13.7. The summed E-state index contributed by atoms with van der Waals surface area (Å²) in [6.45, 7) is 13.1. The molecule has 11 atom stereocenters. The van der Waals surface area contributed by atoms with Gasteiger partial charge in [-0.1, -0.05) is 32.9 Å². The van der Waals surface area contributed by atoms with Gasteiger partial charge in [-0.2, -0.15) is 0 Å². The van der Waals surface area contributed by atoms with Gasteiger partial charge in [0.2, 0.25) is 0 Å². The summed E-state index contributed by atoms with van der Waals surface area (Å²) in [4.78, 5) is 13.7. The molecule has 0 bridgehead atoms. The normalized spacial score (nSPS) is 56.3. The van der Waals surface area contributed by atoms with Crippen molar-refractivity contribution in [2.45, 2.75) is 115 Å². The van der Waals surface area contributed by atoms with E-state index >= 15 is 0 Å². The van der Waals surface area contributed by atoms with Crippen molar-refractivity contribution in [2.24, 2.45) is 40.4 Å². The molecule has 2 heterocycles. The van der Waals surface area contributed by atoms with E-state index in [0.29, 0.717) is 24.2 Å². The zero-order valence-electron chi connectivity index (χ0n) is 20.8. The maximum Gasteiger partial charge on any atom is 0.313 e. The lowest BCUT2D eigenvalue weighted by molar-refractivity contribution is -0.170. The Kier molecular flexibility index (Phi) is 4.68. The molecular formula is C28H42O5. The van der Waals surface area contributed by atoms with Crippen molar-refractivity contribution in [1.29, 1.82) is 0 Å². The molecule has 4 aliphatic carbocycles. The summed E-state index contributed by atoms with van der Waals surface area (Å²) in [7, 11) is 0. The third-order valence-electron chi connectivity index (χ3n) is 11.7. The highest BCUT2D eigenvalue weighted by atomic mass is 16.6. The minimum Gasteiger partial charge on any atom is -0.459 e. The fraction of sp³-hybridized carbons (Fsp3) is 0.893. The van der Waals surface area contributed by atoms with E-state index in [-0.39, 0.29) is 41.0 Å². The fourth-order valence-corrected chi connectivity index (χ4v) is 9.82. The van der Waals surface area contributed by atoms with Gasteiger partial charge in [-0.15, -0.1) is 0 Å². The Labute approximate surface area is 198 Å². The van der Waals surface area contributed by atoms with Crippen LogP contribution in [0.3, 0.4) is 0 Å². The van der Waals surface area contributed by atoms with Crippen LogP contribution < -0.4 is 0 Å². The smallest absolute Gasteiger partial charge is 0.313 e. The average Bonchev–Trinajstić information content (AvgIpc) is 3.28. The fourth-order valence-electron chi connectivity index (χ4n) is 9.82. The zero-order valence-corrected chi connectivity index (χ0v) is 20.8. The number of hydrogen-bond acceptors (Lipinski definition) is 5. The minimum atomic E-state index is -0.615. The van der Waals surface area contributed by atoms with Crippen LogP contribution in [-0.2, 0) is 14.3 Å². The largest absolute Gasteiger partial charge is 0.459 e. The summed E-state index contributed by atoms with van der Waals surface area (Å²) in [5, 5.41) is 21.9. The molecule has 2 aliphatic heterocycles. The molecule has 184 valence electrons. The van der Waals surface area contributed by atoms with Crippen molar-refractivity contribution in [3.63, 3.8) is 0 Å². The van der Waals surface area contributed by atoms with Crippen molar-refractivity contribution in [1.82, 2.24) is 0 Å². The Hall–Kier alpha value is -0.910. The Bertz CT molecular complexity index is 884. The third-order valence-corrected chi connectivity index (χ3v) is 11.7. The van der Waals surface area contributed by atoms with Crippen LogP contribution in [0, 0.1) is 40.4 Å². The van der Waals surface area contributed by atoms with Crippen molar-refractivity contribution in [2.75, 3.05) is 0 Å². The molecule has 0 aromatic rings. The van der Waals surface area contributed by atoms with Crippen molar-refractivity contribution in [3.05, 3.63) is 12.2 Å². The predicted molar refractivity (Wildman–Crippen MR) is 124 cm³/mol. The van der Waals surface area contributed by atoms with Crippen molar-refractivity contribution in [3.8, 4) is 0 Å². The molecule has 2 spiro atoms. The molecule has 0 aromatic heterocycles. The molecular weight excluding hydrogens is 416 g/mol. The monoisotopic (exact) mass is 458 g/mol. The lowest BCUT2D eigenvalue weighted by Crippen LogP contribution is -2.62. The maximum absolute atomic E-state index is 13.7. The first-order valence-electron chi connectivity index (χ1n) is 13.4. The second-order valence-electron chi connectivity index (χ2n) is 13.3. The molecule has 6 rings (SSSR count). The van der Waals surface area contributed by atoms with E-state index in [4.69, 9.17) is 9.47 Å². The summed E-state index contributed by atoms with van der Waals surface area (Å²) in [6.07, 6.45) is 7.10. The van der Waals surface area contributed by atoms with Gasteiger partial charge >= 0.3 is 5.97 Å². The van der Waals surface area contributed by atoms with Gasteiger partial charge in [0.15, 0.2) is 0 Å². The van der Waals surface area contributed by atoms with Gasteiger partial charge in [-0.3, -0.25) is 4.79 Å². The SMILES string of the molecule is C=C(CCC1(C)OC(=O)C23CCC4C5(C)CCC(O)CC5CC5OC54C2C(O)CC13)C(C)C. The number of carbonyl (C=O) groups is 1. The van der Waals surface area contributed by atoms with Gasteiger partial charge in [0.05, 0.1) is 23.7 Å². The third kappa shape index (κ3) is 2.68. The molecule has 0 amide bonds. The van der Waals surface area contributed by atoms with Crippen LogP contribution in [0.5, 0.6) is 0 Å². The van der Waals surface area contributed by atoms with Crippen LogP contribution in [0.15, 0.2) is 12.2 Å². The molecule has 5 heteroatoms. The van der Waals surface area contributed by atoms with Crippen LogP contribution in [0.25, 0.3) is 0 Å². The van der Waals surface area contributed by atoms with Crippen LogP contribution in [0.4, 0.5) is 0 Å². The molecule has 6 aliphatic rings. The van der Waals surface area contributed by atoms with Crippen LogP contribution in [0.2, 0.25) is 0 Å². The molecule has 11 unspecified atom stereocenters. The standard InChI is InChI=1S/C28H42O5/c1-15(2)16(3)6-10-26(5)21-14-19(30)23-27(21,24(31)33-26)11-8-20-25(4)9-7-18(29)12-17(25)13-22-28(20,23)32-22/h15,17-23,29-30H,3,6-14H2,1-2,4-5H3. The first kappa shape index (κ1) is 22.5. The number of cyclic esters (lactones) is 1. The number of ether oxygens (including phenoxy) is 2. The summed E-state index contributed by atoms with van der Waals surface area (Å²) in [5.74, 6) is 1.03. The Morgan fingerprint density at radius 1 is 1.12 bits per heavy atom. The van der Waals surface area contributed by atoms with Gasteiger partial charge in [-0.05, 0) is 87.9 Å². The van der Waals surface area contributed by atoms with E-state index in [2.05, 4.69) is 34.3 Å². The van der Waals surface area contributed by atoms with Gasteiger partial charge in [0, 0.05) is 11.8 Å². The highest BCUT2D eigenvalue weighted by molar-refractivity contribution is 5.82. The molecule has 5 nitrogen and oxygen atoms in total. The van der Waals surface area contributed by atoms with Crippen LogP contribution in [-0.4, -0.2) is 45.7 Å². The summed E-state index contributed by atoms with van der Waals surface area (Å²) >= 11 is 0. The average molecular weight is 459 g/mol. The molecule has 6 fully saturated rings. The lowest BCUT2D eigenvalue weighted by atomic mass is 9.44. The number of aliphatic hydroxyl groups excluding tert-OH is 2. The predicted octanol–water partition coefficient (Wildman–Crippen LogP) is 4.40. The number of allylic oxidation sites excluding steroid dienone is 1. The number of aliphatic hydroxyl groups is 2. The minimum absolute atomic E-state index is 0.0383. The van der Waals surface area contributed by atoms with Gasteiger partial charge in [0.25, 0.3) is 0 Å². The number of rotatable bonds is 4. The number of carbonyl (C=O) groups excluding carboxylic acids is 1. The summed E-state index contributed by atoms with van der Waals surface area (Å²) in [5.41, 5.74) is -0.232. The highest BCUT2D eigenvalue weighted by Gasteiger charge is 2.85. The highest BCUT2D eigenvalue weighted by Crippen LogP contribution is 2.78. The lowest BCUT2D eigenvalue weighted by Gasteiger charge is -2.58. The molecule has 2 N–H and O–H groups in total. The van der Waals surface area contributed by atoms with E-state index in [1.54, 1.807) is 0 Å². The first-order valence-corrected chi connectivity index (χ1v) is 13.4. The second-order valence-corrected chi connectivity index (χ2v) is 13.3. The molecule has 0 aromatic carbocycles. The molecule has 2 saturated heterocycles. The van der Waals surface area contributed by atoms with Gasteiger partial charge < -0.3 is 19.7 Å². The van der Waals surface area contributed by atoms with E-state index in [1.165, 1.54) is 5.57 Å². The Balaban J connectivity index is 1.34. The quantitative estimate of drug-likeness (QED) is 0.371. The number of fused-ring (bicyclic) bond motifs is 2. The number of hydrogen-bond donors (Lipinski definition) is 2. The molecule has 4 saturated carbocycles. The van der Waals surface area contributed by atoms with Crippen molar-refractivity contribution >= 4 is 5.97 Å². The van der Waals surface area contributed by atoms with E-state index in [1.807, 2.05) is 0 Å². The Morgan fingerprint density at radius 3 is 2.61 bits per heavy atom. The Morgan fingerprint density at radius 2 is 1.88 bits per heavy atom. The number of esters is 1. The van der Waals surface area contributed by atoms with E-state index in [0.717, 1.165) is 51.4 Å². The number of epoxide rings is 1. The topological polar surface area (TPSA) is 79.3 Å². The van der Waals surface area contributed by atoms with Crippen LogP contribution in [0.1, 0.15) is 85.5 Å². The second kappa shape index (κ2) is 6.85. The summed E-state index contributed by atoms with van der Waals surface area (Å²) < 4.78 is 12.9. The van der Waals surface area contributed by atoms with Gasteiger partial charge in [-0.25, -0.2) is 0 Å². The van der Waals surface area contributed by atoms with E-state index < -0.39 is 17.1 Å². The van der Waals surface area contributed by atoms with E-state index in [9.17, 15) is 15.0 Å². The zero-order chi connectivity index (χ0) is 23.6. The first-order chi connectivity index (χ1) is 15.5. The van der Waals surface area contributed by atoms with Crippen LogP contribution >= 0.6 is 0 Å². The summed E-state index contributed by atoms with van der Waals surface area (Å²) in [6, 6.07) is 0.